The number of H-pyrrole nitrogens is 1. The van der Waals surface area contributed by atoms with Crippen molar-refractivity contribution in [2.45, 2.75) is 44.8 Å². The van der Waals surface area contributed by atoms with Gasteiger partial charge < -0.3 is 14.8 Å². The van der Waals surface area contributed by atoms with Gasteiger partial charge >= 0.3 is 0 Å². The van der Waals surface area contributed by atoms with E-state index in [-0.39, 0.29) is 5.56 Å². The second kappa shape index (κ2) is 8.51. The number of hydrogen-bond acceptors (Lipinski definition) is 4. The zero-order chi connectivity index (χ0) is 27.8. The predicted molar refractivity (Wildman–Crippen MR) is 156 cm³/mol. The lowest BCUT2D eigenvalue weighted by atomic mass is 9.69. The number of aromatic nitrogens is 2. The molecular formula is C35H30N2O3. The van der Waals surface area contributed by atoms with Crippen LogP contribution in [0.5, 0.6) is 5.75 Å². The van der Waals surface area contributed by atoms with Gasteiger partial charge in [-0.2, -0.15) is 0 Å². The van der Waals surface area contributed by atoms with Crippen LogP contribution >= 0.6 is 0 Å². The normalized spacial score (nSPS) is 22.4. The molecular weight excluding hydrogens is 496 g/mol. The number of benzene rings is 4. The fraction of sp³-hybridized carbons (Fsp3) is 0.200. The van der Waals surface area contributed by atoms with Crippen LogP contribution in [0, 0.1) is 27.7 Å². The maximum absolute atomic E-state index is 14.1. The highest BCUT2D eigenvalue weighted by atomic mass is 16.5. The van der Waals surface area contributed by atoms with E-state index in [4.69, 9.17) is 9.72 Å². The Morgan fingerprint density at radius 2 is 1.48 bits per heavy atom. The van der Waals surface area contributed by atoms with E-state index in [0.717, 1.165) is 38.9 Å². The molecule has 0 saturated carbocycles. The molecule has 0 saturated heterocycles. The lowest BCUT2D eigenvalue weighted by molar-refractivity contribution is -0.0905. The largest absolute Gasteiger partial charge is 0.477 e. The summed E-state index contributed by atoms with van der Waals surface area (Å²) in [7, 11) is 0. The Hall–Kier alpha value is -4.48. The summed E-state index contributed by atoms with van der Waals surface area (Å²) in [5, 5.41) is 13.3. The Balaban J connectivity index is 1.63. The lowest BCUT2D eigenvalue weighted by Gasteiger charge is -2.40. The molecule has 7 rings (SSSR count). The molecule has 0 bridgehead atoms. The monoisotopic (exact) mass is 526 g/mol. The van der Waals surface area contributed by atoms with Crippen molar-refractivity contribution < 1.29 is 9.84 Å². The van der Waals surface area contributed by atoms with Crippen LogP contribution in [0.4, 0.5) is 0 Å². The van der Waals surface area contributed by atoms with Crippen LogP contribution in [-0.4, -0.2) is 15.1 Å². The molecule has 198 valence electrons. The smallest absolute Gasteiger partial charge is 0.255 e. The Morgan fingerprint density at radius 1 is 0.825 bits per heavy atom. The lowest BCUT2D eigenvalue weighted by Crippen LogP contribution is -2.49. The van der Waals surface area contributed by atoms with E-state index < -0.39 is 17.1 Å². The molecule has 1 aromatic heterocycles. The zero-order valence-corrected chi connectivity index (χ0v) is 22.9. The first-order chi connectivity index (χ1) is 19.2. The number of ether oxygens (including phenoxy) is 1. The number of aryl methyl sites for hydroxylation is 4. The number of hydrogen-bond donors (Lipinski definition) is 2. The van der Waals surface area contributed by atoms with E-state index in [2.05, 4.69) is 11.1 Å². The van der Waals surface area contributed by atoms with Gasteiger partial charge in [0.1, 0.15) is 11.6 Å². The number of nitrogens with zero attached hydrogens (tertiary/aromatic N) is 1. The summed E-state index contributed by atoms with van der Waals surface area (Å²) in [5.74, 6) is 0.417. The molecule has 3 atom stereocenters. The third kappa shape index (κ3) is 3.18. The third-order valence-corrected chi connectivity index (χ3v) is 8.55. The van der Waals surface area contributed by atoms with Crippen molar-refractivity contribution in [2.24, 2.45) is 0 Å². The first-order valence-corrected chi connectivity index (χ1v) is 13.6. The molecule has 0 fully saturated rings. The minimum Gasteiger partial charge on any atom is -0.477 e. The maximum Gasteiger partial charge on any atom is 0.255 e. The number of rotatable bonds is 3. The number of aromatic amines is 1. The van der Waals surface area contributed by atoms with E-state index >= 15 is 0 Å². The minimum atomic E-state index is -1.72. The highest BCUT2D eigenvalue weighted by molar-refractivity contribution is 5.67. The summed E-state index contributed by atoms with van der Waals surface area (Å²) in [6.45, 7) is 8.06. The summed E-state index contributed by atoms with van der Waals surface area (Å²) in [6.07, 6.45) is 0. The molecule has 2 N–H and O–H groups in total. The summed E-state index contributed by atoms with van der Waals surface area (Å²) >= 11 is 0. The molecule has 2 aliphatic rings. The van der Waals surface area contributed by atoms with Gasteiger partial charge in [0.2, 0.25) is 0 Å². The van der Waals surface area contributed by atoms with E-state index in [9.17, 15) is 9.90 Å². The highest BCUT2D eigenvalue weighted by Crippen LogP contribution is 2.68. The van der Waals surface area contributed by atoms with Crippen LogP contribution in [0.1, 0.15) is 56.1 Å². The second-order valence-corrected chi connectivity index (χ2v) is 11.3. The molecule has 5 aromatic rings. The van der Waals surface area contributed by atoms with Crippen LogP contribution in [0.2, 0.25) is 0 Å². The molecule has 5 heteroatoms. The molecule has 2 heterocycles. The summed E-state index contributed by atoms with van der Waals surface area (Å²) in [6, 6.07) is 29.8. The van der Waals surface area contributed by atoms with Crippen LogP contribution in [0.3, 0.4) is 0 Å². The van der Waals surface area contributed by atoms with E-state index in [1.165, 1.54) is 0 Å². The topological polar surface area (TPSA) is 75.2 Å². The zero-order valence-electron chi connectivity index (χ0n) is 22.9. The maximum atomic E-state index is 14.1. The van der Waals surface area contributed by atoms with Crippen molar-refractivity contribution >= 4 is 0 Å². The molecule has 0 spiro atoms. The van der Waals surface area contributed by atoms with Gasteiger partial charge in [-0.1, -0.05) is 96.1 Å². The summed E-state index contributed by atoms with van der Waals surface area (Å²) in [5.41, 5.74) is 4.64. The number of aliphatic hydroxyl groups is 1. The van der Waals surface area contributed by atoms with Crippen LogP contribution in [0.25, 0.3) is 11.4 Å². The summed E-state index contributed by atoms with van der Waals surface area (Å²) < 4.78 is 7.03. The number of nitrogens with one attached hydrogen (secondary N) is 1. The Bertz CT molecular complexity index is 1840. The van der Waals surface area contributed by atoms with Gasteiger partial charge in [-0.25, -0.2) is 4.98 Å². The average Bonchev–Trinajstić information content (AvgIpc) is 3.32. The number of fused-ring (bicyclic) bond motifs is 5. The molecule has 4 aromatic carbocycles. The third-order valence-electron chi connectivity index (χ3n) is 8.55. The van der Waals surface area contributed by atoms with Crippen molar-refractivity contribution in [3.05, 3.63) is 152 Å². The van der Waals surface area contributed by atoms with E-state index in [1.54, 1.807) is 0 Å². The molecule has 0 unspecified atom stereocenters. The van der Waals surface area contributed by atoms with Gasteiger partial charge in [0.05, 0.1) is 17.2 Å². The standard InChI is InChI=1S/C35H30N2O3/c1-20-10-14-25(15-11-20)32-36-31-28(33(38)37-32)30(24-8-6-5-7-9-24)35(26-16-12-21(2)13-17-26)34(31,39)29-23(4)18-22(3)19-27(29)40-35/h5-19,30,39H,1-4H3,(H,36,37,38)/t30-,34+,35+/m1/s1. The molecule has 1 aliphatic carbocycles. The van der Waals surface area contributed by atoms with E-state index in [0.29, 0.717) is 28.4 Å². The predicted octanol–water partition coefficient (Wildman–Crippen LogP) is 6.34. The van der Waals surface area contributed by atoms with Gasteiger partial charge in [-0.15, -0.1) is 0 Å². The summed E-state index contributed by atoms with van der Waals surface area (Å²) in [4.78, 5) is 22.3. The van der Waals surface area contributed by atoms with Crippen LogP contribution in [0.15, 0.2) is 95.8 Å². The van der Waals surface area contributed by atoms with Gasteiger partial charge in [0.25, 0.3) is 5.56 Å². The van der Waals surface area contributed by atoms with Crippen LogP contribution < -0.4 is 10.3 Å². The minimum absolute atomic E-state index is 0.279. The SMILES string of the molecule is Cc1ccc(-c2nc3c(c(=O)[nH]2)[C@@H](c2ccccc2)[C@]2(c4ccc(C)cc4)Oc4cc(C)cc(C)c4[C@]32O)cc1. The Kier molecular flexibility index (Phi) is 5.22. The fourth-order valence-corrected chi connectivity index (χ4v) is 6.83. The van der Waals surface area contributed by atoms with E-state index in [1.807, 2.05) is 113 Å². The van der Waals surface area contributed by atoms with Crippen molar-refractivity contribution in [2.75, 3.05) is 0 Å². The highest BCUT2D eigenvalue weighted by Gasteiger charge is 2.73. The van der Waals surface area contributed by atoms with Gasteiger partial charge in [-0.3, -0.25) is 4.79 Å². The van der Waals surface area contributed by atoms with Crippen molar-refractivity contribution in [1.82, 2.24) is 9.97 Å². The first kappa shape index (κ1) is 24.6. The van der Waals surface area contributed by atoms with Crippen LogP contribution in [-0.2, 0) is 11.2 Å². The van der Waals surface area contributed by atoms with Gasteiger partial charge in [0.15, 0.2) is 11.2 Å². The van der Waals surface area contributed by atoms with Crippen molar-refractivity contribution in [3.63, 3.8) is 0 Å². The molecule has 5 nitrogen and oxygen atoms in total. The Labute approximate surface area is 233 Å². The Morgan fingerprint density at radius 3 is 2.15 bits per heavy atom. The fourth-order valence-electron chi connectivity index (χ4n) is 6.83. The molecule has 0 amide bonds. The molecule has 1 aliphatic heterocycles. The molecule has 40 heavy (non-hydrogen) atoms. The van der Waals surface area contributed by atoms with Crippen molar-refractivity contribution in [1.29, 1.82) is 0 Å². The average molecular weight is 527 g/mol. The quantitative estimate of drug-likeness (QED) is 0.288. The first-order valence-electron chi connectivity index (χ1n) is 13.6. The van der Waals surface area contributed by atoms with Gasteiger partial charge in [0, 0.05) is 16.7 Å². The van der Waals surface area contributed by atoms with Crippen molar-refractivity contribution in [3.8, 4) is 17.1 Å². The van der Waals surface area contributed by atoms with Gasteiger partial charge in [-0.05, 0) is 50.5 Å². The second-order valence-electron chi connectivity index (χ2n) is 11.3. The molecule has 0 radical (unpaired) electrons.